The standard InChI is InChI=1S/C42H32O9/c43-27-8-1-22(2-9-27)3-14-34-39-35(50-41(23-4-10-28(44)11-5-23)37(39)25-15-30(46)19-31(47)16-25)21-36-40(34)38(26-17-32(48)20-33(49)18-26)42(51-36)24-6-12-29(45)13-7-24/h1-21,37-38,41-49H/b14-3-/t37-,38?,41?,42?/m0/s1. The van der Waals surface area contributed by atoms with Crippen LogP contribution in [0.1, 0.15) is 68.6 Å². The quantitative estimate of drug-likeness (QED) is 0.0858. The summed E-state index contributed by atoms with van der Waals surface area (Å²) in [6.45, 7) is 0. The molecule has 6 aromatic carbocycles. The molecule has 2 heterocycles. The monoisotopic (exact) mass is 680 g/mol. The molecule has 9 nitrogen and oxygen atoms in total. The number of hydrogen-bond donors (Lipinski definition) is 7. The molecule has 51 heavy (non-hydrogen) atoms. The van der Waals surface area contributed by atoms with Crippen LogP contribution in [0, 0.1) is 0 Å². The van der Waals surface area contributed by atoms with E-state index in [4.69, 9.17) is 9.47 Å². The lowest BCUT2D eigenvalue weighted by Crippen LogP contribution is -2.14. The number of hydrogen-bond acceptors (Lipinski definition) is 9. The zero-order chi connectivity index (χ0) is 35.4. The molecule has 0 fully saturated rings. The molecule has 0 saturated heterocycles. The van der Waals surface area contributed by atoms with Crippen LogP contribution in [0.5, 0.6) is 51.7 Å². The van der Waals surface area contributed by atoms with Crippen molar-refractivity contribution in [2.75, 3.05) is 0 Å². The summed E-state index contributed by atoms with van der Waals surface area (Å²) in [6.07, 6.45) is 2.52. The van der Waals surface area contributed by atoms with Gasteiger partial charge in [-0.3, -0.25) is 0 Å². The molecule has 0 saturated carbocycles. The molecule has 4 atom stereocenters. The van der Waals surface area contributed by atoms with Crippen molar-refractivity contribution in [3.8, 4) is 51.7 Å². The van der Waals surface area contributed by atoms with Gasteiger partial charge in [0, 0.05) is 29.3 Å². The molecule has 0 bridgehead atoms. The lowest BCUT2D eigenvalue weighted by atomic mass is 9.77. The van der Waals surface area contributed by atoms with Crippen molar-refractivity contribution in [2.45, 2.75) is 24.0 Å². The third kappa shape index (κ3) is 5.84. The van der Waals surface area contributed by atoms with Crippen molar-refractivity contribution in [3.05, 3.63) is 160 Å². The van der Waals surface area contributed by atoms with E-state index < -0.39 is 24.0 Å². The number of rotatable bonds is 6. The molecule has 254 valence electrons. The third-order valence-corrected chi connectivity index (χ3v) is 9.46. The zero-order valence-corrected chi connectivity index (χ0v) is 26.9. The van der Waals surface area contributed by atoms with Gasteiger partial charge in [-0.1, -0.05) is 48.6 Å². The Morgan fingerprint density at radius 3 is 1.14 bits per heavy atom. The van der Waals surface area contributed by atoms with E-state index in [-0.39, 0.29) is 40.2 Å². The second-order valence-corrected chi connectivity index (χ2v) is 12.8. The number of fused-ring (bicyclic) bond motifs is 2. The highest BCUT2D eigenvalue weighted by Gasteiger charge is 2.45. The van der Waals surface area contributed by atoms with Gasteiger partial charge in [-0.2, -0.15) is 0 Å². The average Bonchev–Trinajstić information content (AvgIpc) is 3.66. The van der Waals surface area contributed by atoms with Gasteiger partial charge in [0.05, 0.1) is 11.8 Å². The van der Waals surface area contributed by atoms with Gasteiger partial charge >= 0.3 is 0 Å². The van der Waals surface area contributed by atoms with Crippen LogP contribution in [0.4, 0.5) is 0 Å². The van der Waals surface area contributed by atoms with Gasteiger partial charge in [0.25, 0.3) is 0 Å². The maximum absolute atomic E-state index is 10.7. The van der Waals surface area contributed by atoms with Gasteiger partial charge in [-0.15, -0.1) is 0 Å². The fourth-order valence-electron chi connectivity index (χ4n) is 7.31. The molecule has 0 aromatic heterocycles. The van der Waals surface area contributed by atoms with Crippen LogP contribution in [0.2, 0.25) is 0 Å². The van der Waals surface area contributed by atoms with E-state index >= 15 is 0 Å². The Hall–Kier alpha value is -6.74. The van der Waals surface area contributed by atoms with E-state index in [1.807, 2.05) is 18.2 Å². The molecule has 0 aliphatic carbocycles. The zero-order valence-electron chi connectivity index (χ0n) is 26.9. The van der Waals surface area contributed by atoms with Crippen molar-refractivity contribution in [3.63, 3.8) is 0 Å². The molecule has 2 aliphatic heterocycles. The maximum atomic E-state index is 10.7. The van der Waals surface area contributed by atoms with Crippen LogP contribution < -0.4 is 9.47 Å². The van der Waals surface area contributed by atoms with Gasteiger partial charge < -0.3 is 45.2 Å². The van der Waals surface area contributed by atoms with E-state index in [2.05, 4.69) is 0 Å². The van der Waals surface area contributed by atoms with E-state index in [9.17, 15) is 35.7 Å². The molecule has 0 amide bonds. The van der Waals surface area contributed by atoms with Crippen LogP contribution in [0.3, 0.4) is 0 Å². The lowest BCUT2D eigenvalue weighted by Gasteiger charge is -2.24. The summed E-state index contributed by atoms with van der Waals surface area (Å²) >= 11 is 0. The fourth-order valence-corrected chi connectivity index (χ4v) is 7.31. The molecule has 0 radical (unpaired) electrons. The highest BCUT2D eigenvalue weighted by Crippen LogP contribution is 2.60. The Morgan fingerprint density at radius 1 is 0.373 bits per heavy atom. The van der Waals surface area contributed by atoms with Crippen LogP contribution in [-0.2, 0) is 0 Å². The molecular formula is C42H32O9. The normalized spacial score (nSPS) is 19.0. The van der Waals surface area contributed by atoms with E-state index in [0.717, 1.165) is 27.8 Å². The molecule has 2 aliphatic rings. The predicted octanol–water partition coefficient (Wildman–Crippen LogP) is 8.33. The topological polar surface area (TPSA) is 160 Å². The molecule has 7 N–H and O–H groups in total. The molecule has 8 rings (SSSR count). The van der Waals surface area contributed by atoms with Gasteiger partial charge in [0.2, 0.25) is 0 Å². The molecule has 6 aromatic rings. The Labute approximate surface area is 292 Å². The minimum Gasteiger partial charge on any atom is -0.508 e. The molecular weight excluding hydrogens is 648 g/mol. The minimum absolute atomic E-state index is 0.0863. The first-order valence-corrected chi connectivity index (χ1v) is 16.3. The maximum Gasteiger partial charge on any atom is 0.135 e. The van der Waals surface area contributed by atoms with E-state index in [0.29, 0.717) is 28.2 Å². The molecule has 3 unspecified atom stereocenters. The second-order valence-electron chi connectivity index (χ2n) is 12.8. The smallest absolute Gasteiger partial charge is 0.135 e. The molecule has 9 heteroatoms. The van der Waals surface area contributed by atoms with E-state index in [1.165, 1.54) is 12.1 Å². The highest BCUT2D eigenvalue weighted by molar-refractivity contribution is 5.80. The Morgan fingerprint density at radius 2 is 0.745 bits per heavy atom. The first-order valence-electron chi connectivity index (χ1n) is 16.3. The van der Waals surface area contributed by atoms with Gasteiger partial charge in [-0.25, -0.2) is 0 Å². The third-order valence-electron chi connectivity index (χ3n) is 9.46. The van der Waals surface area contributed by atoms with Gasteiger partial charge in [0.1, 0.15) is 64.0 Å². The van der Waals surface area contributed by atoms with Crippen molar-refractivity contribution in [2.24, 2.45) is 0 Å². The van der Waals surface area contributed by atoms with Crippen LogP contribution in [-0.4, -0.2) is 35.7 Å². The van der Waals surface area contributed by atoms with Crippen LogP contribution in [0.15, 0.2) is 115 Å². The average molecular weight is 681 g/mol. The predicted molar refractivity (Wildman–Crippen MR) is 190 cm³/mol. The first kappa shape index (κ1) is 31.5. The first-order chi connectivity index (χ1) is 24.6. The number of ether oxygens (including phenoxy) is 2. The number of benzene rings is 6. The number of phenolic OH excluding ortho intramolecular Hbond substituents is 7. The van der Waals surface area contributed by atoms with Gasteiger partial charge in [-0.05, 0) is 94.0 Å². The summed E-state index contributed by atoms with van der Waals surface area (Å²) in [5, 5.41) is 72.8. The highest BCUT2D eigenvalue weighted by atomic mass is 16.5. The molecule has 0 spiro atoms. The van der Waals surface area contributed by atoms with Crippen molar-refractivity contribution < 1.29 is 45.2 Å². The summed E-state index contributed by atoms with van der Waals surface area (Å²) < 4.78 is 13.5. The second kappa shape index (κ2) is 12.3. The lowest BCUT2D eigenvalue weighted by molar-refractivity contribution is 0.212. The van der Waals surface area contributed by atoms with Crippen molar-refractivity contribution in [1.29, 1.82) is 0 Å². The fraction of sp³-hybridized carbons (Fsp3) is 0.0952. The Kier molecular flexibility index (Phi) is 7.60. The minimum atomic E-state index is -0.652. The Balaban J connectivity index is 1.42. The van der Waals surface area contributed by atoms with Gasteiger partial charge in [0.15, 0.2) is 0 Å². The largest absolute Gasteiger partial charge is 0.508 e. The summed E-state index contributed by atoms with van der Waals surface area (Å²) in [6, 6.07) is 30.7. The van der Waals surface area contributed by atoms with Crippen LogP contribution >= 0.6 is 0 Å². The summed E-state index contributed by atoms with van der Waals surface area (Å²) in [4.78, 5) is 0. The van der Waals surface area contributed by atoms with E-state index in [1.54, 1.807) is 97.1 Å². The number of aromatic hydroxyl groups is 7. The van der Waals surface area contributed by atoms with Crippen molar-refractivity contribution in [1.82, 2.24) is 0 Å². The number of phenols is 7. The summed E-state index contributed by atoms with van der Waals surface area (Å²) in [7, 11) is 0. The van der Waals surface area contributed by atoms with Crippen LogP contribution in [0.25, 0.3) is 12.2 Å². The summed E-state index contributed by atoms with van der Waals surface area (Å²) in [5.41, 5.74) is 5.59. The SMILES string of the molecule is Oc1ccc(/C=C\c2c3c(cc4c2[C@H](c2cc(O)cc(O)c2)C(c2ccc(O)cc2)O4)OC(c2ccc(O)cc2)C3c2cc(O)cc(O)c2)cc1. The Bertz CT molecular complexity index is 2120. The van der Waals surface area contributed by atoms with Crippen molar-refractivity contribution >= 4 is 12.2 Å². The summed E-state index contributed by atoms with van der Waals surface area (Å²) in [5.74, 6) is -0.409.